The summed E-state index contributed by atoms with van der Waals surface area (Å²) in [4.78, 5) is 8.66. The van der Waals surface area contributed by atoms with E-state index >= 15 is 0 Å². The summed E-state index contributed by atoms with van der Waals surface area (Å²) in [5.41, 5.74) is 0.901. The Morgan fingerprint density at radius 1 is 1.39 bits per heavy atom. The topological polar surface area (TPSA) is 63.0 Å². The van der Waals surface area contributed by atoms with Gasteiger partial charge in [0.1, 0.15) is 11.6 Å². The molecule has 0 unspecified atom stereocenters. The van der Waals surface area contributed by atoms with Crippen molar-refractivity contribution in [2.75, 3.05) is 17.2 Å². The van der Waals surface area contributed by atoms with Crippen LogP contribution < -0.4 is 10.6 Å². The van der Waals surface area contributed by atoms with Gasteiger partial charge in [-0.25, -0.2) is 4.98 Å². The lowest BCUT2D eigenvalue weighted by molar-refractivity contribution is 0.517. The Bertz CT molecular complexity index is 508. The molecule has 0 aliphatic rings. The SMILES string of the molecule is C=CCNc1cc(C)nc(NCc2ccco2)n1. The molecule has 2 aromatic heterocycles. The molecule has 2 heterocycles. The van der Waals surface area contributed by atoms with Gasteiger partial charge in [-0.2, -0.15) is 4.98 Å². The Kier molecular flexibility index (Phi) is 3.96. The van der Waals surface area contributed by atoms with Crippen molar-refractivity contribution in [1.82, 2.24) is 9.97 Å². The largest absolute Gasteiger partial charge is 0.467 e. The zero-order valence-corrected chi connectivity index (χ0v) is 10.3. The third-order valence-electron chi connectivity index (χ3n) is 2.28. The van der Waals surface area contributed by atoms with Gasteiger partial charge in [0.2, 0.25) is 5.95 Å². The average Bonchev–Trinajstić information content (AvgIpc) is 2.86. The summed E-state index contributed by atoms with van der Waals surface area (Å²) < 4.78 is 5.23. The Morgan fingerprint density at radius 3 is 3.00 bits per heavy atom. The van der Waals surface area contributed by atoms with Gasteiger partial charge in [-0.15, -0.1) is 6.58 Å². The number of rotatable bonds is 6. The van der Waals surface area contributed by atoms with Gasteiger partial charge in [-0.1, -0.05) is 6.08 Å². The second kappa shape index (κ2) is 5.86. The van der Waals surface area contributed by atoms with E-state index < -0.39 is 0 Å². The van der Waals surface area contributed by atoms with Gasteiger partial charge in [0.25, 0.3) is 0 Å². The molecule has 18 heavy (non-hydrogen) atoms. The van der Waals surface area contributed by atoms with Crippen LogP contribution in [0.15, 0.2) is 41.5 Å². The fraction of sp³-hybridized carbons (Fsp3) is 0.231. The third kappa shape index (κ3) is 3.35. The molecule has 0 aliphatic heterocycles. The zero-order chi connectivity index (χ0) is 12.8. The van der Waals surface area contributed by atoms with Crippen LogP contribution in [0.4, 0.5) is 11.8 Å². The Hall–Kier alpha value is -2.30. The van der Waals surface area contributed by atoms with E-state index in [1.165, 1.54) is 0 Å². The van der Waals surface area contributed by atoms with Gasteiger partial charge in [0, 0.05) is 18.3 Å². The molecule has 94 valence electrons. The van der Waals surface area contributed by atoms with Crippen LogP contribution in [0.25, 0.3) is 0 Å². The molecule has 5 nitrogen and oxygen atoms in total. The molecule has 0 fully saturated rings. The van der Waals surface area contributed by atoms with Crippen LogP contribution in [0.5, 0.6) is 0 Å². The maximum atomic E-state index is 5.23. The van der Waals surface area contributed by atoms with Gasteiger partial charge in [0.05, 0.1) is 12.8 Å². The molecule has 0 atom stereocenters. The number of hydrogen-bond donors (Lipinski definition) is 2. The number of furan rings is 1. The minimum atomic E-state index is 0.567. The van der Waals surface area contributed by atoms with E-state index in [2.05, 4.69) is 27.2 Å². The van der Waals surface area contributed by atoms with Crippen molar-refractivity contribution >= 4 is 11.8 Å². The summed E-state index contributed by atoms with van der Waals surface area (Å²) in [6.45, 7) is 6.83. The number of nitrogens with one attached hydrogen (secondary N) is 2. The summed E-state index contributed by atoms with van der Waals surface area (Å²) >= 11 is 0. The van der Waals surface area contributed by atoms with Crippen LogP contribution in [0, 0.1) is 6.92 Å². The molecule has 5 heteroatoms. The first-order valence-corrected chi connectivity index (χ1v) is 5.74. The molecule has 0 aromatic carbocycles. The van der Waals surface area contributed by atoms with Crippen molar-refractivity contribution in [3.8, 4) is 0 Å². The van der Waals surface area contributed by atoms with E-state index in [4.69, 9.17) is 4.42 Å². The highest BCUT2D eigenvalue weighted by atomic mass is 16.3. The van der Waals surface area contributed by atoms with Crippen molar-refractivity contribution < 1.29 is 4.42 Å². The predicted molar refractivity (Wildman–Crippen MR) is 71.5 cm³/mol. The van der Waals surface area contributed by atoms with Crippen LogP contribution >= 0.6 is 0 Å². The van der Waals surface area contributed by atoms with Gasteiger partial charge in [-0.3, -0.25) is 0 Å². The van der Waals surface area contributed by atoms with Crippen LogP contribution in [0.2, 0.25) is 0 Å². The minimum absolute atomic E-state index is 0.567. The smallest absolute Gasteiger partial charge is 0.225 e. The summed E-state index contributed by atoms with van der Waals surface area (Å²) in [6.07, 6.45) is 3.43. The Balaban J connectivity index is 2.02. The highest BCUT2D eigenvalue weighted by molar-refractivity contribution is 5.42. The quantitative estimate of drug-likeness (QED) is 0.765. The summed E-state index contributed by atoms with van der Waals surface area (Å²) in [5.74, 6) is 2.21. The first-order chi connectivity index (χ1) is 8.78. The molecule has 0 bridgehead atoms. The van der Waals surface area contributed by atoms with Crippen molar-refractivity contribution in [2.45, 2.75) is 13.5 Å². The Morgan fingerprint density at radius 2 is 2.28 bits per heavy atom. The normalized spacial score (nSPS) is 10.1. The molecule has 0 radical (unpaired) electrons. The minimum Gasteiger partial charge on any atom is -0.467 e. The number of anilines is 2. The highest BCUT2D eigenvalue weighted by Crippen LogP contribution is 2.10. The fourth-order valence-electron chi connectivity index (χ4n) is 1.49. The average molecular weight is 244 g/mol. The lowest BCUT2D eigenvalue weighted by Crippen LogP contribution is -2.07. The lowest BCUT2D eigenvalue weighted by Gasteiger charge is -2.07. The van der Waals surface area contributed by atoms with Crippen molar-refractivity contribution in [2.24, 2.45) is 0 Å². The van der Waals surface area contributed by atoms with Crippen molar-refractivity contribution in [1.29, 1.82) is 0 Å². The zero-order valence-electron chi connectivity index (χ0n) is 10.3. The third-order valence-corrected chi connectivity index (χ3v) is 2.28. The second-order valence-corrected chi connectivity index (χ2v) is 3.82. The maximum Gasteiger partial charge on any atom is 0.225 e. The number of aromatic nitrogens is 2. The van der Waals surface area contributed by atoms with Gasteiger partial charge < -0.3 is 15.1 Å². The number of nitrogens with zero attached hydrogens (tertiary/aromatic N) is 2. The first-order valence-electron chi connectivity index (χ1n) is 5.74. The maximum absolute atomic E-state index is 5.23. The fourth-order valence-corrected chi connectivity index (χ4v) is 1.49. The molecule has 0 spiro atoms. The van der Waals surface area contributed by atoms with E-state index in [0.29, 0.717) is 19.0 Å². The molecule has 0 saturated heterocycles. The molecule has 0 aliphatic carbocycles. The molecule has 2 aromatic rings. The summed E-state index contributed by atoms with van der Waals surface area (Å²) in [5, 5.41) is 6.26. The van der Waals surface area contributed by atoms with Crippen LogP contribution in [-0.4, -0.2) is 16.5 Å². The standard InChI is InChI=1S/C13H16N4O/c1-3-6-14-12-8-10(2)16-13(17-12)15-9-11-5-4-7-18-11/h3-5,7-8H,1,6,9H2,2H3,(H2,14,15,16,17). The summed E-state index contributed by atoms with van der Waals surface area (Å²) in [6, 6.07) is 5.65. The van der Waals surface area contributed by atoms with Crippen LogP contribution in [0.1, 0.15) is 11.5 Å². The van der Waals surface area contributed by atoms with Gasteiger partial charge in [0.15, 0.2) is 0 Å². The van der Waals surface area contributed by atoms with E-state index in [1.54, 1.807) is 12.3 Å². The number of hydrogen-bond acceptors (Lipinski definition) is 5. The van der Waals surface area contributed by atoms with Gasteiger partial charge in [-0.05, 0) is 19.1 Å². The Labute approximate surface area is 106 Å². The van der Waals surface area contributed by atoms with Crippen LogP contribution in [0.3, 0.4) is 0 Å². The van der Waals surface area contributed by atoms with Gasteiger partial charge >= 0.3 is 0 Å². The second-order valence-electron chi connectivity index (χ2n) is 3.82. The molecular weight excluding hydrogens is 228 g/mol. The molecule has 0 saturated carbocycles. The summed E-state index contributed by atoms with van der Waals surface area (Å²) in [7, 11) is 0. The molecule has 0 amide bonds. The molecule has 2 rings (SSSR count). The lowest BCUT2D eigenvalue weighted by atomic mass is 10.4. The van der Waals surface area contributed by atoms with E-state index in [9.17, 15) is 0 Å². The van der Waals surface area contributed by atoms with Crippen molar-refractivity contribution in [3.63, 3.8) is 0 Å². The van der Waals surface area contributed by atoms with E-state index in [0.717, 1.165) is 17.3 Å². The van der Waals surface area contributed by atoms with Crippen molar-refractivity contribution in [3.05, 3.63) is 48.6 Å². The monoisotopic (exact) mass is 244 g/mol. The van der Waals surface area contributed by atoms with E-state index in [-0.39, 0.29) is 0 Å². The number of aryl methyl sites for hydroxylation is 1. The first kappa shape index (κ1) is 12.2. The molecular formula is C13H16N4O. The highest BCUT2D eigenvalue weighted by Gasteiger charge is 2.02. The predicted octanol–water partition coefficient (Wildman–Crippen LogP) is 2.59. The van der Waals surface area contributed by atoms with E-state index in [1.807, 2.05) is 25.1 Å². The van der Waals surface area contributed by atoms with Crippen LogP contribution in [-0.2, 0) is 6.54 Å². The molecule has 2 N–H and O–H groups in total.